The van der Waals surface area contributed by atoms with E-state index in [1.165, 1.54) is 35.5 Å². The van der Waals surface area contributed by atoms with Crippen molar-refractivity contribution in [3.8, 4) is 0 Å². The molecule has 2 heterocycles. The predicted molar refractivity (Wildman–Crippen MR) is 110 cm³/mol. The summed E-state index contributed by atoms with van der Waals surface area (Å²) < 4.78 is 10.7. The van der Waals surface area contributed by atoms with E-state index >= 15 is 0 Å². The molecule has 1 amide bonds. The van der Waals surface area contributed by atoms with E-state index in [2.05, 4.69) is 17.1 Å². The first-order valence-electron chi connectivity index (χ1n) is 10.4. The van der Waals surface area contributed by atoms with E-state index in [0.29, 0.717) is 11.4 Å². The van der Waals surface area contributed by atoms with Crippen LogP contribution in [-0.4, -0.2) is 61.8 Å². The van der Waals surface area contributed by atoms with Crippen LogP contribution in [-0.2, 0) is 20.7 Å². The lowest BCUT2D eigenvalue weighted by Gasteiger charge is -2.48. The molecule has 0 spiro atoms. The number of rotatable bonds is 7. The van der Waals surface area contributed by atoms with Gasteiger partial charge in [0.1, 0.15) is 4.88 Å². The van der Waals surface area contributed by atoms with Gasteiger partial charge in [0, 0.05) is 30.1 Å². The fourth-order valence-electron chi connectivity index (χ4n) is 4.34. The summed E-state index contributed by atoms with van der Waals surface area (Å²) in [6, 6.07) is 1.85. The number of hydrogen-bond donors (Lipinski definition) is 1. The van der Waals surface area contributed by atoms with Crippen LogP contribution < -0.4 is 5.32 Å². The van der Waals surface area contributed by atoms with Crippen molar-refractivity contribution in [1.82, 2.24) is 10.2 Å². The molecule has 1 aliphatic carbocycles. The third-order valence-corrected chi connectivity index (χ3v) is 7.32. The van der Waals surface area contributed by atoms with Gasteiger partial charge in [-0.2, -0.15) is 0 Å². The summed E-state index contributed by atoms with van der Waals surface area (Å²) in [5.41, 5.74) is 1.12. The quantitative estimate of drug-likeness (QED) is 0.703. The predicted octanol–water partition coefficient (Wildman–Crippen LogP) is 2.93. The maximum Gasteiger partial charge on any atom is 0.348 e. The normalized spacial score (nSPS) is 19.9. The Morgan fingerprint density at radius 1 is 1.25 bits per heavy atom. The number of nitrogens with one attached hydrogen (secondary N) is 1. The van der Waals surface area contributed by atoms with Gasteiger partial charge < -0.3 is 14.8 Å². The largest absolute Gasteiger partial charge is 0.451 e. The highest BCUT2D eigenvalue weighted by Crippen LogP contribution is 2.33. The number of morpholine rings is 1. The minimum Gasteiger partial charge on any atom is -0.451 e. The van der Waals surface area contributed by atoms with Crippen LogP contribution in [0.4, 0.5) is 0 Å². The number of nitrogens with zero attached hydrogens (tertiary/aromatic N) is 1. The monoisotopic (exact) mass is 408 g/mol. The molecule has 7 heteroatoms. The summed E-state index contributed by atoms with van der Waals surface area (Å²) in [7, 11) is 0. The second-order valence-electron chi connectivity index (χ2n) is 7.81. The highest BCUT2D eigenvalue weighted by atomic mass is 32.1. The third-order valence-electron chi connectivity index (χ3n) is 5.96. The van der Waals surface area contributed by atoms with E-state index in [1.807, 2.05) is 13.0 Å². The lowest BCUT2D eigenvalue weighted by atomic mass is 9.79. The molecule has 0 radical (unpaired) electrons. The Kier molecular flexibility index (Phi) is 7.48. The van der Waals surface area contributed by atoms with Gasteiger partial charge >= 0.3 is 5.97 Å². The smallest absolute Gasteiger partial charge is 0.348 e. The molecule has 1 aromatic heterocycles. The van der Waals surface area contributed by atoms with E-state index in [0.717, 1.165) is 51.1 Å². The molecule has 0 aromatic carbocycles. The summed E-state index contributed by atoms with van der Waals surface area (Å²) in [6.45, 7) is 7.80. The SMILES string of the molecule is CCc1sc(C(=O)OCC(=O)NCC2(N3CCOCC3)CCCCC2)cc1C. The molecule has 0 bridgehead atoms. The molecule has 28 heavy (non-hydrogen) atoms. The molecule has 1 aliphatic heterocycles. The van der Waals surface area contributed by atoms with Crippen molar-refractivity contribution >= 4 is 23.2 Å². The van der Waals surface area contributed by atoms with Crippen molar-refractivity contribution in [3.63, 3.8) is 0 Å². The number of amides is 1. The van der Waals surface area contributed by atoms with Crippen molar-refractivity contribution in [3.05, 3.63) is 21.4 Å². The van der Waals surface area contributed by atoms with Crippen LogP contribution >= 0.6 is 11.3 Å². The van der Waals surface area contributed by atoms with Crippen molar-refractivity contribution < 1.29 is 19.1 Å². The van der Waals surface area contributed by atoms with E-state index in [4.69, 9.17) is 9.47 Å². The number of aryl methyl sites for hydroxylation is 2. The zero-order valence-electron chi connectivity index (χ0n) is 17.1. The van der Waals surface area contributed by atoms with Gasteiger partial charge in [-0.3, -0.25) is 9.69 Å². The number of thiophene rings is 1. The lowest BCUT2D eigenvalue weighted by molar-refractivity contribution is -0.125. The minimum absolute atomic E-state index is 0.0165. The van der Waals surface area contributed by atoms with Gasteiger partial charge in [0.05, 0.1) is 13.2 Å². The first kappa shape index (κ1) is 21.3. The molecule has 1 aromatic rings. The average molecular weight is 409 g/mol. The third kappa shape index (κ3) is 5.13. The van der Waals surface area contributed by atoms with Crippen molar-refractivity contribution in [1.29, 1.82) is 0 Å². The maximum atomic E-state index is 12.3. The van der Waals surface area contributed by atoms with Gasteiger partial charge in [-0.15, -0.1) is 11.3 Å². The summed E-state index contributed by atoms with van der Waals surface area (Å²) in [5, 5.41) is 3.03. The van der Waals surface area contributed by atoms with Gasteiger partial charge in [-0.1, -0.05) is 26.2 Å². The van der Waals surface area contributed by atoms with E-state index in [-0.39, 0.29) is 18.1 Å². The Morgan fingerprint density at radius 2 is 1.96 bits per heavy atom. The second-order valence-corrected chi connectivity index (χ2v) is 8.94. The van der Waals surface area contributed by atoms with Gasteiger partial charge in [0.15, 0.2) is 6.61 Å². The number of hydrogen-bond acceptors (Lipinski definition) is 6. The first-order valence-corrected chi connectivity index (χ1v) is 11.2. The van der Waals surface area contributed by atoms with Crippen molar-refractivity contribution in [2.24, 2.45) is 0 Å². The van der Waals surface area contributed by atoms with Crippen LogP contribution in [0.25, 0.3) is 0 Å². The van der Waals surface area contributed by atoms with Crippen LogP contribution in [0.2, 0.25) is 0 Å². The molecule has 0 atom stereocenters. The van der Waals surface area contributed by atoms with Gasteiger partial charge in [-0.25, -0.2) is 4.79 Å². The fourth-order valence-corrected chi connectivity index (χ4v) is 5.35. The Hall–Kier alpha value is -1.44. The van der Waals surface area contributed by atoms with Crippen molar-refractivity contribution in [2.45, 2.75) is 57.9 Å². The van der Waals surface area contributed by atoms with Crippen LogP contribution in [0, 0.1) is 6.92 Å². The lowest BCUT2D eigenvalue weighted by Crippen LogP contribution is -2.59. The zero-order valence-corrected chi connectivity index (χ0v) is 17.9. The molecule has 0 unspecified atom stereocenters. The van der Waals surface area contributed by atoms with Crippen LogP contribution in [0.5, 0.6) is 0 Å². The highest BCUT2D eigenvalue weighted by molar-refractivity contribution is 7.14. The van der Waals surface area contributed by atoms with Gasteiger partial charge in [0.25, 0.3) is 5.91 Å². The molecule has 2 aliphatic rings. The second kappa shape index (κ2) is 9.85. The molecular weight excluding hydrogens is 376 g/mol. The van der Waals surface area contributed by atoms with Crippen LogP contribution in [0.1, 0.15) is 59.1 Å². The average Bonchev–Trinajstić information content (AvgIpc) is 3.12. The Balaban J connectivity index is 1.50. The Bertz CT molecular complexity index is 676. The zero-order chi connectivity index (χ0) is 20.0. The summed E-state index contributed by atoms with van der Waals surface area (Å²) >= 11 is 1.45. The topological polar surface area (TPSA) is 67.9 Å². The highest BCUT2D eigenvalue weighted by Gasteiger charge is 2.38. The fraction of sp³-hybridized carbons (Fsp3) is 0.714. The van der Waals surface area contributed by atoms with E-state index in [1.54, 1.807) is 0 Å². The summed E-state index contributed by atoms with van der Waals surface area (Å²) in [4.78, 5) is 28.8. The molecule has 1 saturated heterocycles. The Labute approximate surface area is 171 Å². The molecule has 6 nitrogen and oxygen atoms in total. The molecule has 156 valence electrons. The van der Waals surface area contributed by atoms with Crippen LogP contribution in [0.15, 0.2) is 6.07 Å². The van der Waals surface area contributed by atoms with Gasteiger partial charge in [0.2, 0.25) is 0 Å². The number of ether oxygens (including phenoxy) is 2. The molecule has 2 fully saturated rings. The molecular formula is C21H32N2O4S. The van der Waals surface area contributed by atoms with E-state index in [9.17, 15) is 9.59 Å². The molecule has 3 rings (SSSR count). The van der Waals surface area contributed by atoms with Crippen LogP contribution in [0.3, 0.4) is 0 Å². The number of carbonyl (C=O) groups is 2. The summed E-state index contributed by atoms with van der Waals surface area (Å²) in [6.07, 6.45) is 6.74. The Morgan fingerprint density at radius 3 is 2.61 bits per heavy atom. The van der Waals surface area contributed by atoms with E-state index < -0.39 is 5.97 Å². The molecule has 1 N–H and O–H groups in total. The number of esters is 1. The minimum atomic E-state index is -0.413. The maximum absolute atomic E-state index is 12.3. The van der Waals surface area contributed by atoms with Gasteiger partial charge in [-0.05, 0) is 37.8 Å². The first-order chi connectivity index (χ1) is 13.5. The summed E-state index contributed by atoms with van der Waals surface area (Å²) in [5.74, 6) is -0.640. The molecule has 1 saturated carbocycles. The number of carbonyl (C=O) groups excluding carboxylic acids is 2. The van der Waals surface area contributed by atoms with Crippen molar-refractivity contribution in [2.75, 3.05) is 39.5 Å². The standard InChI is InChI=1S/C21H32N2O4S/c1-3-17-16(2)13-18(28-17)20(25)27-14-19(24)22-15-21(7-5-4-6-8-21)23-9-11-26-12-10-23/h13H,3-12,14-15H2,1-2H3,(H,22,24).